The molecule has 2 aromatic rings. The molecule has 0 fully saturated rings. The standard InChI is InChI=1S/C14H13ClF2N2/c1-7(2)14-18-12(8(3)13(15)19-14)10-5-4-9(16)6-11(10)17/h4-7H,1-3H3. The van der Waals surface area contributed by atoms with Crippen molar-refractivity contribution >= 4 is 11.6 Å². The molecular weight excluding hydrogens is 270 g/mol. The van der Waals surface area contributed by atoms with Crippen LogP contribution in [0.25, 0.3) is 11.3 Å². The lowest BCUT2D eigenvalue weighted by Gasteiger charge is -2.12. The van der Waals surface area contributed by atoms with Gasteiger partial charge in [0, 0.05) is 23.1 Å². The third kappa shape index (κ3) is 2.73. The second kappa shape index (κ2) is 5.21. The SMILES string of the molecule is Cc1c(Cl)nc(C(C)C)nc1-c1ccc(F)cc1F. The van der Waals surface area contributed by atoms with Crippen LogP contribution in [0, 0.1) is 18.6 Å². The maximum Gasteiger partial charge on any atom is 0.136 e. The molecule has 19 heavy (non-hydrogen) atoms. The molecule has 0 spiro atoms. The summed E-state index contributed by atoms with van der Waals surface area (Å²) in [6, 6.07) is 3.39. The lowest BCUT2D eigenvalue weighted by Crippen LogP contribution is -2.03. The van der Waals surface area contributed by atoms with E-state index in [1.54, 1.807) is 6.92 Å². The van der Waals surface area contributed by atoms with Crippen LogP contribution in [-0.4, -0.2) is 9.97 Å². The molecule has 1 aromatic heterocycles. The smallest absolute Gasteiger partial charge is 0.136 e. The van der Waals surface area contributed by atoms with Crippen molar-refractivity contribution < 1.29 is 8.78 Å². The summed E-state index contributed by atoms with van der Waals surface area (Å²) in [5.74, 6) is -0.676. The summed E-state index contributed by atoms with van der Waals surface area (Å²) in [5, 5.41) is 0.289. The van der Waals surface area contributed by atoms with Crippen molar-refractivity contribution in [3.63, 3.8) is 0 Å². The van der Waals surface area contributed by atoms with Crippen molar-refractivity contribution in [2.75, 3.05) is 0 Å². The molecule has 0 unspecified atom stereocenters. The van der Waals surface area contributed by atoms with Gasteiger partial charge in [0.1, 0.15) is 22.6 Å². The van der Waals surface area contributed by atoms with Gasteiger partial charge < -0.3 is 0 Å². The van der Waals surface area contributed by atoms with E-state index in [9.17, 15) is 8.78 Å². The average molecular weight is 283 g/mol. The van der Waals surface area contributed by atoms with Crippen molar-refractivity contribution in [1.29, 1.82) is 0 Å². The maximum atomic E-state index is 13.8. The van der Waals surface area contributed by atoms with Gasteiger partial charge in [-0.25, -0.2) is 18.7 Å². The molecule has 0 bridgehead atoms. The molecule has 0 aliphatic rings. The van der Waals surface area contributed by atoms with Gasteiger partial charge in [-0.1, -0.05) is 25.4 Å². The average Bonchev–Trinajstić information content (AvgIpc) is 2.33. The van der Waals surface area contributed by atoms with Crippen molar-refractivity contribution in [2.24, 2.45) is 0 Å². The largest absolute Gasteiger partial charge is 0.232 e. The van der Waals surface area contributed by atoms with Gasteiger partial charge in [0.05, 0.1) is 5.69 Å². The lowest BCUT2D eigenvalue weighted by molar-refractivity contribution is 0.585. The number of hydrogen-bond acceptors (Lipinski definition) is 2. The van der Waals surface area contributed by atoms with Crippen LogP contribution in [0.1, 0.15) is 31.2 Å². The van der Waals surface area contributed by atoms with Crippen LogP contribution in [-0.2, 0) is 0 Å². The minimum absolute atomic E-state index is 0.0698. The zero-order valence-electron chi connectivity index (χ0n) is 10.8. The summed E-state index contributed by atoms with van der Waals surface area (Å²) < 4.78 is 26.8. The summed E-state index contributed by atoms with van der Waals surface area (Å²) in [4.78, 5) is 8.50. The number of nitrogens with zero attached hydrogens (tertiary/aromatic N) is 2. The minimum Gasteiger partial charge on any atom is -0.232 e. The van der Waals surface area contributed by atoms with E-state index < -0.39 is 11.6 Å². The summed E-state index contributed by atoms with van der Waals surface area (Å²) in [7, 11) is 0. The van der Waals surface area contributed by atoms with Crippen LogP contribution < -0.4 is 0 Å². The Morgan fingerprint density at radius 3 is 2.42 bits per heavy atom. The highest BCUT2D eigenvalue weighted by Gasteiger charge is 2.16. The van der Waals surface area contributed by atoms with E-state index in [1.807, 2.05) is 13.8 Å². The van der Waals surface area contributed by atoms with Gasteiger partial charge in [0.2, 0.25) is 0 Å². The van der Waals surface area contributed by atoms with E-state index in [2.05, 4.69) is 9.97 Å². The van der Waals surface area contributed by atoms with Crippen molar-refractivity contribution in [3.05, 3.63) is 46.4 Å². The van der Waals surface area contributed by atoms with Crippen LogP contribution in [0.3, 0.4) is 0 Å². The molecule has 1 aromatic carbocycles. The van der Waals surface area contributed by atoms with Crippen LogP contribution in [0.4, 0.5) is 8.78 Å². The summed E-state index contributed by atoms with van der Waals surface area (Å²) in [6.45, 7) is 5.56. The fraction of sp³-hybridized carbons (Fsp3) is 0.286. The molecule has 0 saturated carbocycles. The molecule has 0 aliphatic carbocycles. The van der Waals surface area contributed by atoms with Crippen LogP contribution in [0.5, 0.6) is 0 Å². The molecule has 0 amide bonds. The second-order valence-corrected chi connectivity index (χ2v) is 4.98. The first-order valence-electron chi connectivity index (χ1n) is 5.89. The fourth-order valence-corrected chi connectivity index (χ4v) is 1.88. The van der Waals surface area contributed by atoms with E-state index in [1.165, 1.54) is 12.1 Å². The molecule has 2 rings (SSSR count). The Labute approximate surface area is 115 Å². The molecule has 100 valence electrons. The quantitative estimate of drug-likeness (QED) is 0.758. The number of aromatic nitrogens is 2. The Balaban J connectivity index is 2.67. The number of rotatable bonds is 2. The van der Waals surface area contributed by atoms with Gasteiger partial charge >= 0.3 is 0 Å². The Bertz CT molecular complexity index is 627. The topological polar surface area (TPSA) is 25.8 Å². The van der Waals surface area contributed by atoms with Crippen LogP contribution >= 0.6 is 11.6 Å². The Morgan fingerprint density at radius 2 is 1.84 bits per heavy atom. The van der Waals surface area contributed by atoms with E-state index >= 15 is 0 Å². The molecule has 0 atom stereocenters. The number of benzene rings is 1. The van der Waals surface area contributed by atoms with Crippen molar-refractivity contribution in [1.82, 2.24) is 9.97 Å². The van der Waals surface area contributed by atoms with Gasteiger partial charge in [-0.2, -0.15) is 0 Å². The maximum absolute atomic E-state index is 13.8. The number of hydrogen-bond donors (Lipinski definition) is 0. The Morgan fingerprint density at radius 1 is 1.16 bits per heavy atom. The van der Waals surface area contributed by atoms with E-state index in [0.29, 0.717) is 17.1 Å². The fourth-order valence-electron chi connectivity index (χ4n) is 1.71. The molecule has 0 saturated heterocycles. The zero-order valence-corrected chi connectivity index (χ0v) is 11.6. The zero-order chi connectivity index (χ0) is 14.2. The van der Waals surface area contributed by atoms with E-state index in [0.717, 1.165) is 6.07 Å². The minimum atomic E-state index is -0.660. The molecule has 2 nitrogen and oxygen atoms in total. The molecule has 1 heterocycles. The predicted octanol–water partition coefficient (Wildman–Crippen LogP) is 4.51. The van der Waals surface area contributed by atoms with Gasteiger partial charge in [-0.05, 0) is 19.1 Å². The lowest BCUT2D eigenvalue weighted by atomic mass is 10.1. The molecule has 0 aliphatic heterocycles. The second-order valence-electron chi connectivity index (χ2n) is 4.63. The predicted molar refractivity (Wildman–Crippen MR) is 71.2 cm³/mol. The van der Waals surface area contributed by atoms with E-state index in [4.69, 9.17) is 11.6 Å². The van der Waals surface area contributed by atoms with Gasteiger partial charge in [0.15, 0.2) is 0 Å². The summed E-state index contributed by atoms with van der Waals surface area (Å²) >= 11 is 6.05. The van der Waals surface area contributed by atoms with Crippen LogP contribution in [0.15, 0.2) is 18.2 Å². The highest BCUT2D eigenvalue weighted by atomic mass is 35.5. The van der Waals surface area contributed by atoms with Crippen molar-refractivity contribution in [3.8, 4) is 11.3 Å². The third-order valence-corrected chi connectivity index (χ3v) is 3.17. The normalized spacial score (nSPS) is 11.1. The van der Waals surface area contributed by atoms with Gasteiger partial charge in [0.25, 0.3) is 0 Å². The van der Waals surface area contributed by atoms with Crippen LogP contribution in [0.2, 0.25) is 5.15 Å². The molecule has 0 N–H and O–H groups in total. The molecule has 0 radical (unpaired) electrons. The first-order valence-corrected chi connectivity index (χ1v) is 6.27. The van der Waals surface area contributed by atoms with Crippen molar-refractivity contribution in [2.45, 2.75) is 26.7 Å². The number of halogens is 3. The Kier molecular flexibility index (Phi) is 3.80. The Hall–Kier alpha value is -1.55. The summed E-state index contributed by atoms with van der Waals surface area (Å²) in [5.41, 5.74) is 1.21. The molecule has 5 heteroatoms. The first-order chi connectivity index (χ1) is 8.90. The molecular formula is C14H13ClF2N2. The van der Waals surface area contributed by atoms with E-state index in [-0.39, 0.29) is 16.6 Å². The monoisotopic (exact) mass is 282 g/mol. The highest BCUT2D eigenvalue weighted by molar-refractivity contribution is 6.30. The van der Waals surface area contributed by atoms with Gasteiger partial charge in [-0.15, -0.1) is 0 Å². The summed E-state index contributed by atoms with van der Waals surface area (Å²) in [6.07, 6.45) is 0. The highest BCUT2D eigenvalue weighted by Crippen LogP contribution is 2.29. The first kappa shape index (κ1) is 13.9. The van der Waals surface area contributed by atoms with Gasteiger partial charge in [-0.3, -0.25) is 0 Å². The third-order valence-electron chi connectivity index (χ3n) is 2.81.